The van der Waals surface area contributed by atoms with Crippen LogP contribution in [-0.4, -0.2) is 59.5 Å². The van der Waals surface area contributed by atoms with Gasteiger partial charge in [-0.2, -0.15) is 4.37 Å². The topological polar surface area (TPSA) is 89.3 Å². The summed E-state index contributed by atoms with van der Waals surface area (Å²) in [6, 6.07) is 8.97. The Morgan fingerprint density at radius 2 is 1.96 bits per heavy atom. The minimum atomic E-state index is -0.515. The number of carbonyl (C=O) groups is 2. The summed E-state index contributed by atoms with van der Waals surface area (Å²) in [6.07, 6.45) is 8.99. The van der Waals surface area contributed by atoms with Gasteiger partial charge in [0.05, 0.1) is 24.5 Å². The largest absolute Gasteiger partial charge is 0.481 e. The van der Waals surface area contributed by atoms with Crippen LogP contribution < -0.4 is 19.3 Å². The number of ether oxygens (including phenoxy) is 2. The molecule has 1 aromatic heterocycles. The number of benzene rings is 2. The van der Waals surface area contributed by atoms with Gasteiger partial charge in [0.2, 0.25) is 10.7 Å². The van der Waals surface area contributed by atoms with Crippen molar-refractivity contribution >= 4 is 52.0 Å². The third-order valence-electron chi connectivity index (χ3n) is 7.89. The van der Waals surface area contributed by atoms with E-state index in [1.165, 1.54) is 39.7 Å². The molecule has 0 fully saturated rings. The van der Waals surface area contributed by atoms with E-state index in [4.69, 9.17) is 27.5 Å². The van der Waals surface area contributed by atoms with Crippen LogP contribution in [0.2, 0.25) is 0 Å². The number of aromatic nitrogens is 2. The number of nitrogens with zero attached hydrogens (tertiary/aromatic N) is 5. The molecule has 0 atom stereocenters. The molecule has 0 aliphatic carbocycles. The number of anilines is 2. The van der Waals surface area contributed by atoms with Gasteiger partial charge >= 0.3 is 0 Å². The van der Waals surface area contributed by atoms with Crippen LogP contribution in [0.5, 0.6) is 5.75 Å². The molecule has 0 saturated carbocycles. The van der Waals surface area contributed by atoms with Crippen molar-refractivity contribution in [2.45, 2.75) is 66.8 Å². The molecule has 0 spiro atoms. The zero-order valence-electron chi connectivity index (χ0n) is 27.8. The Labute approximate surface area is 285 Å². The van der Waals surface area contributed by atoms with Crippen molar-refractivity contribution in [3.05, 3.63) is 57.9 Å². The van der Waals surface area contributed by atoms with Gasteiger partial charge in [-0.25, -0.2) is 9.38 Å². The van der Waals surface area contributed by atoms with Gasteiger partial charge in [-0.05, 0) is 41.9 Å². The first-order valence-electron chi connectivity index (χ1n) is 15.9. The Hall–Kier alpha value is -3.72. The lowest BCUT2D eigenvalue weighted by molar-refractivity contribution is -0.121. The number of halogens is 2. The number of amides is 2. The Morgan fingerprint density at radius 1 is 1.23 bits per heavy atom. The zero-order chi connectivity index (χ0) is 34.1. The van der Waals surface area contributed by atoms with Crippen LogP contribution in [0.4, 0.5) is 21.5 Å². The van der Waals surface area contributed by atoms with E-state index in [1.54, 1.807) is 4.90 Å². The van der Waals surface area contributed by atoms with Gasteiger partial charge in [-0.3, -0.25) is 14.5 Å². The molecular formula is C35H43ClFN5O4S. The van der Waals surface area contributed by atoms with Crippen molar-refractivity contribution in [1.29, 1.82) is 0 Å². The van der Waals surface area contributed by atoms with E-state index in [9.17, 15) is 14.0 Å². The average Bonchev–Trinajstić information content (AvgIpc) is 3.57. The third-order valence-corrected chi connectivity index (χ3v) is 8.90. The molecule has 9 nitrogen and oxygen atoms in total. The highest BCUT2D eigenvalue weighted by molar-refractivity contribution is 7.02. The summed E-state index contributed by atoms with van der Waals surface area (Å²) in [5, 5.41) is 0. The van der Waals surface area contributed by atoms with E-state index in [2.05, 4.69) is 68.1 Å². The smallest absolute Gasteiger partial charge is 0.265 e. The summed E-state index contributed by atoms with van der Waals surface area (Å²) in [5.41, 5.74) is 4.07. The lowest BCUT2D eigenvalue weighted by atomic mass is 9.92. The summed E-state index contributed by atoms with van der Waals surface area (Å²) in [6.45, 7) is 13.2. The van der Waals surface area contributed by atoms with Gasteiger partial charge in [-0.15, -0.1) is 18.0 Å². The highest BCUT2D eigenvalue weighted by Gasteiger charge is 2.31. The van der Waals surface area contributed by atoms with Crippen LogP contribution in [-0.2, 0) is 40.1 Å². The van der Waals surface area contributed by atoms with E-state index in [0.29, 0.717) is 29.4 Å². The van der Waals surface area contributed by atoms with Crippen LogP contribution in [0.3, 0.4) is 0 Å². The fourth-order valence-corrected chi connectivity index (χ4v) is 6.55. The summed E-state index contributed by atoms with van der Waals surface area (Å²) in [7, 11) is 0. The Kier molecular flexibility index (Phi) is 12.6. The van der Waals surface area contributed by atoms with Gasteiger partial charge in [0.1, 0.15) is 23.1 Å². The van der Waals surface area contributed by atoms with Gasteiger partial charge < -0.3 is 18.9 Å². The first-order chi connectivity index (χ1) is 22.6. The minimum Gasteiger partial charge on any atom is -0.481 e. The maximum Gasteiger partial charge on any atom is 0.265 e. The number of alkyl halides is 1. The fourth-order valence-electron chi connectivity index (χ4n) is 5.64. The molecule has 2 aliphatic heterocycles. The van der Waals surface area contributed by atoms with Gasteiger partial charge in [0, 0.05) is 43.7 Å². The van der Waals surface area contributed by atoms with Crippen molar-refractivity contribution in [3.63, 3.8) is 0 Å². The minimum absolute atomic E-state index is 0.00498. The molecule has 12 heteroatoms. The van der Waals surface area contributed by atoms with Crippen LogP contribution in [0.25, 0.3) is 0 Å². The zero-order valence-corrected chi connectivity index (χ0v) is 29.3. The monoisotopic (exact) mass is 683 g/mol. The Bertz CT molecular complexity index is 1670. The maximum atomic E-state index is 14.5. The Balaban J connectivity index is 0.000000219. The number of aryl methyl sites for hydroxylation is 2. The molecule has 2 amide bonds. The Morgan fingerprint density at radius 3 is 2.60 bits per heavy atom. The van der Waals surface area contributed by atoms with Crippen molar-refractivity contribution < 1.29 is 23.5 Å². The molecule has 252 valence electrons. The SMILES string of the molecule is C#CCN1C(=O)COc2cc(F)c(N=c3snc4n3CC(C)(C)C4)cc21.CCCOCCN(C(=O)CCl)c1c(CC)cccc1CC. The van der Waals surface area contributed by atoms with Crippen LogP contribution in [0.15, 0.2) is 35.3 Å². The number of rotatable bonds is 11. The number of carbonyl (C=O) groups excluding carboxylic acids is 2. The third kappa shape index (κ3) is 8.61. The highest BCUT2D eigenvalue weighted by Crippen LogP contribution is 2.37. The van der Waals surface area contributed by atoms with Gasteiger partial charge in [0.15, 0.2) is 12.4 Å². The maximum absolute atomic E-state index is 14.5. The average molecular weight is 684 g/mol. The summed E-state index contributed by atoms with van der Waals surface area (Å²) < 4.78 is 31.9. The molecule has 0 radical (unpaired) electrons. The number of fused-ring (bicyclic) bond motifs is 2. The first-order valence-corrected chi connectivity index (χ1v) is 17.2. The number of terminal acetylenes is 1. The van der Waals surface area contributed by atoms with Crippen LogP contribution in [0, 0.1) is 23.6 Å². The second-order valence-corrected chi connectivity index (χ2v) is 13.1. The van der Waals surface area contributed by atoms with Crippen LogP contribution in [0.1, 0.15) is 58.0 Å². The highest BCUT2D eigenvalue weighted by atomic mass is 35.5. The quantitative estimate of drug-likeness (QED) is 0.139. The molecule has 0 saturated heterocycles. The molecule has 47 heavy (non-hydrogen) atoms. The number of hydrogen-bond donors (Lipinski definition) is 0. The molecule has 2 aliphatic rings. The number of hydrogen-bond acceptors (Lipinski definition) is 7. The van der Waals surface area contributed by atoms with E-state index < -0.39 is 5.82 Å². The molecule has 5 rings (SSSR count). The molecule has 0 unspecified atom stereocenters. The lowest BCUT2D eigenvalue weighted by Gasteiger charge is -2.28. The molecule has 0 N–H and O–H groups in total. The predicted molar refractivity (Wildman–Crippen MR) is 185 cm³/mol. The first kappa shape index (κ1) is 36.1. The van der Waals surface area contributed by atoms with Gasteiger partial charge in [-0.1, -0.05) is 58.7 Å². The molecule has 3 aromatic rings. The van der Waals surface area contributed by atoms with Crippen molar-refractivity contribution in [1.82, 2.24) is 8.94 Å². The summed E-state index contributed by atoms with van der Waals surface area (Å²) in [4.78, 5) is 32.6. The van der Waals surface area contributed by atoms with Crippen molar-refractivity contribution in [3.8, 4) is 18.1 Å². The van der Waals surface area contributed by atoms with Gasteiger partial charge in [0.25, 0.3) is 5.91 Å². The normalized spacial score (nSPS) is 14.9. The standard InChI is InChI=1S/C18H17FN4O2S.C17H26ClNO2/c1-4-5-22-13-7-12(11(19)6-14(13)25-9-16(22)24)20-17-23-10-18(2,3)8-15(23)21-26-17;1-4-11-21-12-10-19(16(20)13-18)17-14(5-2)8-7-9-15(17)6-3/h1,6-7H,5,8-10H2,2-3H3;7-9H,4-6,10-13H2,1-3H3. The van der Waals surface area contributed by atoms with Crippen LogP contribution >= 0.6 is 23.1 Å². The summed E-state index contributed by atoms with van der Waals surface area (Å²) in [5.74, 6) is 2.85. The number of para-hydroxylation sites is 1. The molecule has 0 bridgehead atoms. The molecule has 2 aromatic carbocycles. The molecular weight excluding hydrogens is 641 g/mol. The fraction of sp³-hybridized carbons (Fsp3) is 0.486. The second kappa shape index (κ2) is 16.4. The predicted octanol–water partition coefficient (Wildman–Crippen LogP) is 6.07. The van der Waals surface area contributed by atoms with Crippen molar-refractivity contribution in [2.24, 2.45) is 10.4 Å². The molecule has 3 heterocycles. The van der Waals surface area contributed by atoms with E-state index >= 15 is 0 Å². The van der Waals surface area contributed by atoms with E-state index in [-0.39, 0.29) is 41.9 Å². The lowest BCUT2D eigenvalue weighted by Crippen LogP contribution is -2.39. The van der Waals surface area contributed by atoms with E-state index in [1.807, 2.05) is 4.57 Å². The van der Waals surface area contributed by atoms with E-state index in [0.717, 1.165) is 50.3 Å². The summed E-state index contributed by atoms with van der Waals surface area (Å²) >= 11 is 7.04. The second-order valence-electron chi connectivity index (χ2n) is 12.1. The van der Waals surface area contributed by atoms with Crippen molar-refractivity contribution in [2.75, 3.05) is 48.6 Å².